The van der Waals surface area contributed by atoms with E-state index < -0.39 is 205 Å². The molecule has 514 valence electrons. The minimum Gasteiger partial charge on any atom is -0.481 e. The van der Waals surface area contributed by atoms with Gasteiger partial charge in [0.1, 0.15) is 54.4 Å². The van der Waals surface area contributed by atoms with E-state index in [9.17, 15) is 92.3 Å². The van der Waals surface area contributed by atoms with E-state index in [0.29, 0.717) is 12.3 Å². The van der Waals surface area contributed by atoms with Gasteiger partial charge in [-0.05, 0) is 77.6 Å². The van der Waals surface area contributed by atoms with Crippen molar-refractivity contribution in [3.8, 4) is 0 Å². The SMILES string of the molecule is CC(C)CCCCCCC/C=C\CC(=O)N[C@@H](CC(=O)O)C(=O)N[C@@H]1C(=O)N2CCCC[C@@H]2C(=O)N[C@@H]([C@H](C)C(=O)O)C(=O)N[C@@H](CC(=O)O)C(=O)NCC(=O)N[C@@H](CC(=O)O)C(=O)NCC(=O)N[C@H]([C@@H](C)N)C(=O)N[C@@H](C(C)C)C(=O)N2CCC[C@H]2C(=O)N[C@@H]1C. The van der Waals surface area contributed by atoms with Crippen molar-refractivity contribution in [3.05, 3.63) is 12.2 Å². The minimum absolute atomic E-state index is 0.0223. The molecule has 0 aromatic carbocycles. The van der Waals surface area contributed by atoms with Gasteiger partial charge in [-0.25, -0.2) is 0 Å². The molecule has 0 bridgehead atoms. The molecule has 3 aliphatic heterocycles. The monoisotopic (exact) mass is 1300 g/mol. The van der Waals surface area contributed by atoms with Gasteiger partial charge in [0.05, 0.1) is 44.3 Å². The van der Waals surface area contributed by atoms with Crippen LogP contribution in [0.3, 0.4) is 0 Å². The van der Waals surface area contributed by atoms with Crippen molar-refractivity contribution < 1.29 is 97.1 Å². The molecule has 0 radical (unpaired) electrons. The number of allylic oxidation sites excluding steroid dienone is 1. The number of nitrogens with zero attached hydrogens (tertiary/aromatic N) is 2. The second-order valence-corrected chi connectivity index (χ2v) is 24.2. The molecular formula is C59H93N13O20. The van der Waals surface area contributed by atoms with Gasteiger partial charge in [0.15, 0.2) is 0 Å². The van der Waals surface area contributed by atoms with Crippen molar-refractivity contribution in [2.75, 3.05) is 26.2 Å². The third-order valence-corrected chi connectivity index (χ3v) is 15.7. The molecular weight excluding hydrogens is 1210 g/mol. The molecule has 3 fully saturated rings. The number of carbonyl (C=O) groups excluding carboxylic acids is 12. The number of nitrogens with one attached hydrogen (secondary N) is 10. The summed E-state index contributed by atoms with van der Waals surface area (Å²) in [4.78, 5) is 218. The van der Waals surface area contributed by atoms with E-state index in [2.05, 4.69) is 56.4 Å². The largest absolute Gasteiger partial charge is 0.481 e. The number of fused-ring (bicyclic) bond motifs is 2. The third-order valence-electron chi connectivity index (χ3n) is 15.7. The van der Waals surface area contributed by atoms with Crippen molar-refractivity contribution in [2.45, 2.75) is 218 Å². The van der Waals surface area contributed by atoms with E-state index in [1.807, 2.05) is 10.6 Å². The molecule has 3 rings (SSSR count). The van der Waals surface area contributed by atoms with Crippen LogP contribution in [0.4, 0.5) is 0 Å². The van der Waals surface area contributed by atoms with Crippen LogP contribution in [0.1, 0.15) is 151 Å². The van der Waals surface area contributed by atoms with Crippen molar-refractivity contribution in [1.82, 2.24) is 63.0 Å². The average molecular weight is 1300 g/mol. The fraction of sp³-hybridized carbons (Fsp3) is 0.695. The quantitative estimate of drug-likeness (QED) is 0.0358. The van der Waals surface area contributed by atoms with Crippen LogP contribution in [0, 0.1) is 17.8 Å². The Morgan fingerprint density at radius 3 is 1.66 bits per heavy atom. The van der Waals surface area contributed by atoms with Crippen molar-refractivity contribution in [2.24, 2.45) is 23.5 Å². The molecule has 0 aromatic rings. The first-order valence-electron chi connectivity index (χ1n) is 31.1. The van der Waals surface area contributed by atoms with Crippen molar-refractivity contribution in [3.63, 3.8) is 0 Å². The molecule has 0 unspecified atom stereocenters. The number of amides is 12. The second kappa shape index (κ2) is 38.2. The molecule has 33 heteroatoms. The minimum atomic E-state index is -2.15. The summed E-state index contributed by atoms with van der Waals surface area (Å²) in [5, 5.41) is 62.3. The highest BCUT2D eigenvalue weighted by Gasteiger charge is 2.45. The summed E-state index contributed by atoms with van der Waals surface area (Å²) in [5.41, 5.74) is 6.11. The normalized spacial score (nSPS) is 25.2. The zero-order valence-corrected chi connectivity index (χ0v) is 53.2. The topological polar surface area (TPSA) is 507 Å². The first-order chi connectivity index (χ1) is 43.2. The first-order valence-corrected chi connectivity index (χ1v) is 31.1. The summed E-state index contributed by atoms with van der Waals surface area (Å²) in [7, 11) is 0. The van der Waals surface area contributed by atoms with E-state index in [0.717, 1.165) is 55.2 Å². The van der Waals surface area contributed by atoms with E-state index in [1.165, 1.54) is 13.8 Å². The molecule has 92 heavy (non-hydrogen) atoms. The maximum Gasteiger partial charge on any atom is 0.308 e. The number of carboxylic acids is 4. The standard InChI is InChI=1S/C59H93N13O20/c1-30(2)19-14-12-10-8-9-11-13-15-22-40(73)64-37(27-45(80)81)52(84)70-49-34(7)63-53(85)39-21-18-24-72(39)57(89)46(31(3)4)68-56(88)48(33(6)60)67-42(75)29-62-50(82)35(25-43(76)77)65-41(74)28-61-51(83)36(26-44(78)79)66-55(87)47(32(5)59(91)92)69-54(86)38-20-16-17-23-71(38)58(49)90/h13,15,30-39,46-49H,8-12,14,16-29,60H2,1-7H3,(H,61,83)(H,62,82)(H,63,85)(H,64,73)(H,65,74)(H,66,87)(H,67,75)(H,68,88)(H,69,86)(H,70,84)(H,76,77)(H,78,79)(H,80,81)(H,91,92)/b15-13-/t32-,33+,34+,35-,36-,37-,38+,39-,46-,47-,48+,49-/m0/s1. The van der Waals surface area contributed by atoms with E-state index in [1.54, 1.807) is 26.0 Å². The fourth-order valence-corrected chi connectivity index (χ4v) is 10.6. The Morgan fingerprint density at radius 2 is 1.10 bits per heavy atom. The molecule has 12 amide bonds. The molecule has 0 aliphatic carbocycles. The van der Waals surface area contributed by atoms with Gasteiger partial charge in [-0.15, -0.1) is 0 Å². The van der Waals surface area contributed by atoms with Gasteiger partial charge in [0.2, 0.25) is 70.9 Å². The summed E-state index contributed by atoms with van der Waals surface area (Å²) in [6.45, 7) is 8.70. The molecule has 12 atom stereocenters. The first kappa shape index (κ1) is 77.5. The maximum atomic E-state index is 15.2. The Hall–Kier alpha value is -8.78. The molecule has 3 saturated heterocycles. The average Bonchev–Trinajstić information content (AvgIpc) is 1.26. The van der Waals surface area contributed by atoms with Crippen LogP contribution in [0.2, 0.25) is 0 Å². The third kappa shape index (κ3) is 25.5. The molecule has 3 aliphatic rings. The van der Waals surface area contributed by atoms with Gasteiger partial charge in [-0.3, -0.25) is 76.7 Å². The number of hydrogen-bond donors (Lipinski definition) is 15. The predicted octanol–water partition coefficient (Wildman–Crippen LogP) is -3.02. The Kier molecular flexibility index (Phi) is 32.1. The highest BCUT2D eigenvalue weighted by atomic mass is 16.4. The maximum absolute atomic E-state index is 15.2. The number of carboxylic acid groups (broad SMARTS) is 4. The van der Waals surface area contributed by atoms with Crippen molar-refractivity contribution >= 4 is 94.8 Å². The second-order valence-electron chi connectivity index (χ2n) is 24.2. The number of piperidine rings is 1. The smallest absolute Gasteiger partial charge is 0.308 e. The molecule has 3 heterocycles. The summed E-state index contributed by atoms with van der Waals surface area (Å²) in [6, 6.07) is -18.5. The van der Waals surface area contributed by atoms with Gasteiger partial charge in [0, 0.05) is 25.6 Å². The van der Waals surface area contributed by atoms with Crippen molar-refractivity contribution in [1.29, 1.82) is 0 Å². The highest BCUT2D eigenvalue weighted by Crippen LogP contribution is 2.24. The number of nitrogens with two attached hydrogens (primary N) is 1. The van der Waals surface area contributed by atoms with Crippen LogP contribution < -0.4 is 58.9 Å². The lowest BCUT2D eigenvalue weighted by Gasteiger charge is -2.39. The molecule has 0 spiro atoms. The highest BCUT2D eigenvalue weighted by molar-refractivity contribution is 6.01. The Bertz CT molecular complexity index is 2720. The number of rotatable bonds is 23. The van der Waals surface area contributed by atoms with Gasteiger partial charge in [-0.1, -0.05) is 72.0 Å². The Balaban J connectivity index is 2.16. The zero-order chi connectivity index (χ0) is 69.1. The predicted molar refractivity (Wildman–Crippen MR) is 324 cm³/mol. The number of hydrogen-bond acceptors (Lipinski definition) is 17. The van der Waals surface area contributed by atoms with Gasteiger partial charge >= 0.3 is 23.9 Å². The summed E-state index contributed by atoms with van der Waals surface area (Å²) >= 11 is 0. The Morgan fingerprint density at radius 1 is 0.576 bits per heavy atom. The van der Waals surface area contributed by atoms with Gasteiger partial charge in [0.25, 0.3) is 0 Å². The van der Waals surface area contributed by atoms with Crippen LogP contribution in [0.15, 0.2) is 12.2 Å². The van der Waals surface area contributed by atoms with Crippen LogP contribution >= 0.6 is 0 Å². The van der Waals surface area contributed by atoms with Gasteiger partial charge in [-0.2, -0.15) is 0 Å². The van der Waals surface area contributed by atoms with Crippen LogP contribution in [0.25, 0.3) is 0 Å². The summed E-state index contributed by atoms with van der Waals surface area (Å²) in [5.74, 6) is -21.9. The molecule has 0 aromatic heterocycles. The van der Waals surface area contributed by atoms with E-state index >= 15 is 4.79 Å². The zero-order valence-electron chi connectivity index (χ0n) is 53.2. The number of unbranched alkanes of at least 4 members (excludes halogenated alkanes) is 5. The molecule has 0 saturated carbocycles. The van der Waals surface area contributed by atoms with Crippen LogP contribution in [0.5, 0.6) is 0 Å². The van der Waals surface area contributed by atoms with E-state index in [-0.39, 0.29) is 51.6 Å². The van der Waals surface area contributed by atoms with Crippen LogP contribution in [-0.4, -0.2) is 218 Å². The lowest BCUT2D eigenvalue weighted by Crippen LogP contribution is -2.66. The van der Waals surface area contributed by atoms with Crippen LogP contribution in [-0.2, 0) is 76.7 Å². The molecule has 16 N–H and O–H groups in total. The lowest BCUT2D eigenvalue weighted by molar-refractivity contribution is -0.150. The van der Waals surface area contributed by atoms with E-state index in [4.69, 9.17) is 5.73 Å². The Labute approximate surface area is 532 Å². The number of aliphatic carboxylic acids is 4. The van der Waals surface area contributed by atoms with Gasteiger partial charge < -0.3 is 89.1 Å². The summed E-state index contributed by atoms with van der Waals surface area (Å²) in [6.07, 6.45) is 7.21. The fourth-order valence-electron chi connectivity index (χ4n) is 10.6. The number of carbonyl (C=O) groups is 16. The summed E-state index contributed by atoms with van der Waals surface area (Å²) < 4.78 is 0. The lowest BCUT2D eigenvalue weighted by atomic mass is 9.96. The molecule has 33 nitrogen and oxygen atoms in total.